The number of allylic oxidation sites excluding steroid dienone is 4. The smallest absolute Gasteiger partial charge is 0.0105 e. The van der Waals surface area contributed by atoms with Gasteiger partial charge >= 0.3 is 0 Å². The van der Waals surface area contributed by atoms with Crippen LogP contribution >= 0.6 is 7.92 Å². The molecule has 224 valence electrons. The Morgan fingerprint density at radius 2 is 0.902 bits per heavy atom. The zero-order chi connectivity index (χ0) is 29.2. The van der Waals surface area contributed by atoms with Crippen molar-refractivity contribution < 1.29 is 5.48 Å². The molecule has 2 atom stereocenters. The van der Waals surface area contributed by atoms with Gasteiger partial charge in [-0.3, -0.25) is 0 Å². The van der Waals surface area contributed by atoms with E-state index in [1.54, 1.807) is 0 Å². The molecule has 0 amide bonds. The first-order valence-corrected chi connectivity index (χ1v) is 15.5. The van der Waals surface area contributed by atoms with Gasteiger partial charge in [0.25, 0.3) is 0 Å². The van der Waals surface area contributed by atoms with E-state index in [4.69, 9.17) is 0 Å². The van der Waals surface area contributed by atoms with Crippen molar-refractivity contribution in [3.8, 4) is 0 Å². The summed E-state index contributed by atoms with van der Waals surface area (Å²) in [4.78, 5) is 0. The summed E-state index contributed by atoms with van der Waals surface area (Å²) in [5, 5.41) is 4.19. The van der Waals surface area contributed by atoms with Gasteiger partial charge in [0, 0.05) is 0 Å². The first-order chi connectivity index (χ1) is 18.8. The van der Waals surface area contributed by atoms with Crippen molar-refractivity contribution in [1.29, 1.82) is 0 Å². The van der Waals surface area contributed by atoms with Gasteiger partial charge in [-0.2, -0.15) is 0 Å². The second kappa shape index (κ2) is 22.7. The third-order valence-electron chi connectivity index (χ3n) is 7.24. The Morgan fingerprint density at radius 1 is 0.585 bits per heavy atom. The minimum Gasteiger partial charge on any atom is -0.412 e. The predicted octanol–water partition coefficient (Wildman–Crippen LogP) is 10.2. The summed E-state index contributed by atoms with van der Waals surface area (Å²) in [6.07, 6.45) is 6.38. The van der Waals surface area contributed by atoms with Crippen molar-refractivity contribution in [1.82, 2.24) is 0 Å². The highest BCUT2D eigenvalue weighted by Gasteiger charge is 2.24. The van der Waals surface area contributed by atoms with Crippen LogP contribution in [0.4, 0.5) is 0 Å². The van der Waals surface area contributed by atoms with Gasteiger partial charge in [-0.15, -0.1) is 26.3 Å². The number of hydrogen-bond acceptors (Lipinski definition) is 0. The Kier molecular flexibility index (Phi) is 22.2. The lowest BCUT2D eigenvalue weighted by atomic mass is 10.0. The normalized spacial score (nSPS) is 18.2. The molecule has 2 heteroatoms. The molecule has 1 saturated carbocycles. The number of benzene rings is 3. The van der Waals surface area contributed by atoms with Gasteiger partial charge in [0.1, 0.15) is 0 Å². The molecule has 1 fully saturated rings. The minimum absolute atomic E-state index is 0. The highest BCUT2D eigenvalue weighted by molar-refractivity contribution is 7.79. The Morgan fingerprint density at radius 3 is 1.07 bits per heavy atom. The van der Waals surface area contributed by atoms with Crippen LogP contribution in [0.5, 0.6) is 0 Å². The van der Waals surface area contributed by atoms with Gasteiger partial charge < -0.3 is 5.48 Å². The quantitative estimate of drug-likeness (QED) is 0.221. The molecule has 2 unspecified atom stereocenters. The van der Waals surface area contributed by atoms with Crippen LogP contribution in [0.15, 0.2) is 140 Å². The lowest BCUT2D eigenvalue weighted by molar-refractivity contribution is 0.457. The van der Waals surface area contributed by atoms with Crippen molar-refractivity contribution >= 4 is 23.8 Å². The molecule has 0 bridgehead atoms. The van der Waals surface area contributed by atoms with E-state index in [1.165, 1.54) is 51.9 Å². The molecular formula is C39H57OP. The summed E-state index contributed by atoms with van der Waals surface area (Å²) in [7, 11) is -0.446. The van der Waals surface area contributed by atoms with Crippen molar-refractivity contribution in [2.24, 2.45) is 17.8 Å². The average Bonchev–Trinajstić information content (AvgIpc) is 3.44. The third kappa shape index (κ3) is 14.0. The summed E-state index contributed by atoms with van der Waals surface area (Å²) >= 11 is 0. The van der Waals surface area contributed by atoms with Crippen molar-refractivity contribution in [2.45, 2.75) is 68.2 Å². The van der Waals surface area contributed by atoms with Crippen LogP contribution in [-0.2, 0) is 0 Å². The SMILES string of the molecule is C.C=C.C=C.CC1=CC(C)=C(C)C1.CC1CC(C)C(C)C1.O.c1ccc(P(c2ccccc2)c2ccccc2)cc1. The van der Waals surface area contributed by atoms with Crippen LogP contribution in [-0.4, -0.2) is 5.48 Å². The topological polar surface area (TPSA) is 31.5 Å². The van der Waals surface area contributed by atoms with Crippen molar-refractivity contribution in [2.75, 3.05) is 0 Å². The second-order valence-electron chi connectivity index (χ2n) is 10.5. The van der Waals surface area contributed by atoms with E-state index < -0.39 is 7.92 Å². The van der Waals surface area contributed by atoms with Crippen LogP contribution in [0, 0.1) is 17.8 Å². The molecule has 2 aliphatic rings. The maximum absolute atomic E-state index is 3.00. The zero-order valence-electron chi connectivity index (χ0n) is 25.9. The largest absolute Gasteiger partial charge is 0.412 e. The standard InChI is InChI=1S/C18H15P.C8H16.C8H12.2C2H4.CH4.H2O/c1-4-10-16(11-5-1)19(17-12-6-2-7-13-17)18-14-8-3-9-15-18;2*1-6-4-7(2)8(3)5-6;2*1-2;;/h1-15H;6-8H,4-5H2,1-3H3;4H,5H2,1-3H3;2*1-2H2;1H4;1H2. The lowest BCUT2D eigenvalue weighted by Gasteiger charge is -2.18. The monoisotopic (exact) mass is 572 g/mol. The van der Waals surface area contributed by atoms with E-state index in [2.05, 4.69) is 165 Å². The first-order valence-electron chi connectivity index (χ1n) is 14.1. The molecule has 5 rings (SSSR count). The van der Waals surface area contributed by atoms with E-state index in [-0.39, 0.29) is 12.9 Å². The van der Waals surface area contributed by atoms with E-state index in [0.717, 1.165) is 17.8 Å². The summed E-state index contributed by atoms with van der Waals surface area (Å²) < 4.78 is 0. The highest BCUT2D eigenvalue weighted by Crippen LogP contribution is 2.35. The third-order valence-corrected chi connectivity index (χ3v) is 9.69. The number of hydrogen-bond donors (Lipinski definition) is 0. The molecule has 41 heavy (non-hydrogen) atoms. The zero-order valence-corrected chi connectivity index (χ0v) is 26.8. The molecular weight excluding hydrogens is 515 g/mol. The molecule has 2 aliphatic carbocycles. The Hall–Kier alpha value is -2.99. The summed E-state index contributed by atoms with van der Waals surface area (Å²) in [5.41, 5.74) is 4.49. The summed E-state index contributed by atoms with van der Waals surface area (Å²) in [6.45, 7) is 25.6. The molecule has 3 aromatic carbocycles. The van der Waals surface area contributed by atoms with E-state index >= 15 is 0 Å². The lowest BCUT2D eigenvalue weighted by Crippen LogP contribution is -2.20. The number of rotatable bonds is 3. The van der Waals surface area contributed by atoms with Crippen molar-refractivity contribution in [3.63, 3.8) is 0 Å². The minimum atomic E-state index is -0.446. The fourth-order valence-corrected chi connectivity index (χ4v) is 7.42. The van der Waals surface area contributed by atoms with E-state index in [1.807, 2.05) is 0 Å². The van der Waals surface area contributed by atoms with Crippen LogP contribution in [0.25, 0.3) is 0 Å². The molecule has 0 aromatic heterocycles. The molecule has 1 nitrogen and oxygen atoms in total. The molecule has 2 N–H and O–H groups in total. The van der Waals surface area contributed by atoms with Gasteiger partial charge in [0.15, 0.2) is 0 Å². The fraction of sp³-hybridized carbons (Fsp3) is 0.333. The van der Waals surface area contributed by atoms with Crippen LogP contribution in [0.2, 0.25) is 0 Å². The maximum Gasteiger partial charge on any atom is -0.0105 e. The summed E-state index contributed by atoms with van der Waals surface area (Å²) in [5.74, 6) is 2.98. The molecule has 0 saturated heterocycles. The maximum atomic E-state index is 3.00. The van der Waals surface area contributed by atoms with Gasteiger partial charge in [-0.1, -0.05) is 142 Å². The fourth-order valence-electron chi connectivity index (χ4n) is 5.11. The van der Waals surface area contributed by atoms with Gasteiger partial charge in [-0.05, 0) is 81.6 Å². The summed E-state index contributed by atoms with van der Waals surface area (Å²) in [6, 6.07) is 32.3. The van der Waals surface area contributed by atoms with Gasteiger partial charge in [0.05, 0.1) is 0 Å². The molecule has 0 radical (unpaired) electrons. The van der Waals surface area contributed by atoms with Crippen LogP contribution in [0.1, 0.15) is 68.2 Å². The molecule has 3 aromatic rings. The molecule has 0 heterocycles. The Bertz CT molecular complexity index is 1010. The van der Waals surface area contributed by atoms with E-state index in [0.29, 0.717) is 0 Å². The van der Waals surface area contributed by atoms with Crippen LogP contribution < -0.4 is 15.9 Å². The molecule has 0 aliphatic heterocycles. The second-order valence-corrected chi connectivity index (χ2v) is 12.7. The predicted molar refractivity (Wildman–Crippen MR) is 191 cm³/mol. The average molecular weight is 573 g/mol. The molecule has 0 spiro atoms. The highest BCUT2D eigenvalue weighted by atomic mass is 31.1. The van der Waals surface area contributed by atoms with E-state index in [9.17, 15) is 0 Å². The van der Waals surface area contributed by atoms with Crippen LogP contribution in [0.3, 0.4) is 0 Å². The Labute approximate surface area is 254 Å². The first kappa shape index (κ1) is 40.2. The van der Waals surface area contributed by atoms with Gasteiger partial charge in [0.2, 0.25) is 0 Å². The Balaban J connectivity index is 0. The van der Waals surface area contributed by atoms with Gasteiger partial charge in [-0.25, -0.2) is 0 Å². The van der Waals surface area contributed by atoms with Crippen molar-refractivity contribution in [3.05, 3.63) is 140 Å².